The number of nitrogens with one attached hydrogen (secondary N) is 1. The van der Waals surface area contributed by atoms with Crippen LogP contribution in [-0.2, 0) is 13.0 Å². The molecule has 1 N–H and O–H groups in total. The van der Waals surface area contributed by atoms with Gasteiger partial charge in [-0.15, -0.1) is 0 Å². The van der Waals surface area contributed by atoms with Crippen molar-refractivity contribution in [3.8, 4) is 0 Å². The number of hydrogen-bond acceptors (Lipinski definition) is 1. The zero-order chi connectivity index (χ0) is 13.5. The predicted molar refractivity (Wildman–Crippen MR) is 81.6 cm³/mol. The zero-order valence-electron chi connectivity index (χ0n) is 10.6. The average molecular weight is 318 g/mol. The molecule has 0 aromatic heterocycles. The van der Waals surface area contributed by atoms with Crippen molar-refractivity contribution in [1.29, 1.82) is 0 Å². The number of rotatable bonds is 5. The molecular weight excluding hydrogens is 302 g/mol. The van der Waals surface area contributed by atoms with Crippen molar-refractivity contribution in [3.05, 3.63) is 71.3 Å². The molecular formula is C16H16BrNO. The van der Waals surface area contributed by atoms with Crippen LogP contribution in [0.25, 0.3) is 0 Å². The van der Waals surface area contributed by atoms with Gasteiger partial charge >= 0.3 is 0 Å². The van der Waals surface area contributed by atoms with Crippen molar-refractivity contribution >= 4 is 21.8 Å². The van der Waals surface area contributed by atoms with E-state index >= 15 is 0 Å². The second kappa shape index (κ2) is 7.10. The fourth-order valence-corrected chi connectivity index (χ4v) is 2.27. The van der Waals surface area contributed by atoms with Gasteiger partial charge in [0.2, 0.25) is 0 Å². The molecule has 0 aliphatic carbocycles. The third kappa shape index (κ3) is 4.21. The van der Waals surface area contributed by atoms with Gasteiger partial charge in [-0.2, -0.15) is 0 Å². The van der Waals surface area contributed by atoms with Crippen LogP contribution in [0.5, 0.6) is 0 Å². The lowest BCUT2D eigenvalue weighted by molar-refractivity contribution is 0.0951. The fourth-order valence-electron chi connectivity index (χ4n) is 1.81. The van der Waals surface area contributed by atoms with Crippen LogP contribution in [-0.4, -0.2) is 11.2 Å². The Bertz CT molecular complexity index is 522. The lowest BCUT2D eigenvalue weighted by Crippen LogP contribution is -2.22. The Balaban J connectivity index is 1.92. The Morgan fingerprint density at radius 3 is 2.26 bits per heavy atom. The van der Waals surface area contributed by atoms with E-state index in [1.54, 1.807) is 0 Å². The molecule has 0 aliphatic rings. The van der Waals surface area contributed by atoms with E-state index in [2.05, 4.69) is 21.2 Å². The Morgan fingerprint density at radius 2 is 1.63 bits per heavy atom. The third-order valence-corrected chi connectivity index (χ3v) is 3.29. The summed E-state index contributed by atoms with van der Waals surface area (Å²) in [6, 6.07) is 17.6. The number of benzene rings is 2. The van der Waals surface area contributed by atoms with Crippen LogP contribution >= 0.6 is 15.9 Å². The van der Waals surface area contributed by atoms with Gasteiger partial charge in [-0.05, 0) is 29.7 Å². The van der Waals surface area contributed by atoms with Crippen molar-refractivity contribution in [2.24, 2.45) is 0 Å². The molecule has 3 heteroatoms. The van der Waals surface area contributed by atoms with Gasteiger partial charge in [0.25, 0.3) is 5.91 Å². The molecule has 2 nitrogen and oxygen atoms in total. The normalized spacial score (nSPS) is 10.2. The molecule has 0 spiro atoms. The molecule has 0 aliphatic heterocycles. The van der Waals surface area contributed by atoms with Gasteiger partial charge < -0.3 is 5.32 Å². The second-order valence-electron chi connectivity index (χ2n) is 4.30. The van der Waals surface area contributed by atoms with E-state index in [9.17, 15) is 4.79 Å². The Morgan fingerprint density at radius 1 is 0.947 bits per heavy atom. The minimum Gasteiger partial charge on any atom is -0.348 e. The summed E-state index contributed by atoms with van der Waals surface area (Å²) in [5, 5.41) is 3.86. The Labute approximate surface area is 122 Å². The summed E-state index contributed by atoms with van der Waals surface area (Å²) in [4.78, 5) is 12.0. The lowest BCUT2D eigenvalue weighted by Gasteiger charge is -2.06. The first kappa shape index (κ1) is 13.8. The van der Waals surface area contributed by atoms with E-state index < -0.39 is 0 Å². The van der Waals surface area contributed by atoms with Crippen molar-refractivity contribution < 1.29 is 4.79 Å². The number of carbonyl (C=O) groups excluding carboxylic acids is 1. The molecule has 0 saturated heterocycles. The van der Waals surface area contributed by atoms with E-state index in [0.29, 0.717) is 12.1 Å². The number of carbonyl (C=O) groups is 1. The molecule has 2 aromatic rings. The molecule has 0 saturated carbocycles. The SMILES string of the molecule is O=C(NCc1ccccc1)c1ccc(CCBr)cc1. The summed E-state index contributed by atoms with van der Waals surface area (Å²) in [5.41, 5.74) is 3.04. The number of aryl methyl sites for hydroxylation is 1. The average Bonchev–Trinajstić information content (AvgIpc) is 2.47. The van der Waals surface area contributed by atoms with Crippen LogP contribution in [0.3, 0.4) is 0 Å². The van der Waals surface area contributed by atoms with Crippen molar-refractivity contribution in [1.82, 2.24) is 5.32 Å². The van der Waals surface area contributed by atoms with Crippen LogP contribution in [0.15, 0.2) is 54.6 Å². The summed E-state index contributed by atoms with van der Waals surface area (Å²) in [6.07, 6.45) is 0.978. The number of alkyl halides is 1. The first-order chi connectivity index (χ1) is 9.29. The van der Waals surface area contributed by atoms with Crippen LogP contribution in [0.1, 0.15) is 21.5 Å². The molecule has 0 atom stereocenters. The quantitative estimate of drug-likeness (QED) is 0.839. The predicted octanol–water partition coefficient (Wildman–Crippen LogP) is 3.55. The molecule has 0 heterocycles. The van der Waals surface area contributed by atoms with E-state index in [0.717, 1.165) is 17.3 Å². The molecule has 1 amide bonds. The molecule has 0 unspecified atom stereocenters. The fraction of sp³-hybridized carbons (Fsp3) is 0.188. The van der Waals surface area contributed by atoms with Crippen molar-refractivity contribution in [3.63, 3.8) is 0 Å². The third-order valence-electron chi connectivity index (χ3n) is 2.90. The first-order valence-corrected chi connectivity index (χ1v) is 7.39. The van der Waals surface area contributed by atoms with Gasteiger partial charge in [-0.3, -0.25) is 4.79 Å². The molecule has 0 radical (unpaired) electrons. The Kier molecular flexibility index (Phi) is 5.16. The van der Waals surface area contributed by atoms with Gasteiger partial charge in [-0.25, -0.2) is 0 Å². The van der Waals surface area contributed by atoms with Crippen LogP contribution in [0, 0.1) is 0 Å². The van der Waals surface area contributed by atoms with E-state index in [1.165, 1.54) is 5.56 Å². The number of hydrogen-bond donors (Lipinski definition) is 1. The highest BCUT2D eigenvalue weighted by Gasteiger charge is 2.04. The summed E-state index contributed by atoms with van der Waals surface area (Å²) in [7, 11) is 0. The highest BCUT2D eigenvalue weighted by atomic mass is 79.9. The summed E-state index contributed by atoms with van der Waals surface area (Å²) >= 11 is 3.40. The maximum absolute atomic E-state index is 12.0. The van der Waals surface area contributed by atoms with Gasteiger partial charge in [0, 0.05) is 17.4 Å². The molecule has 0 bridgehead atoms. The molecule has 98 valence electrons. The Hall–Kier alpha value is -1.61. The van der Waals surface area contributed by atoms with Gasteiger partial charge in [0.15, 0.2) is 0 Å². The monoisotopic (exact) mass is 317 g/mol. The molecule has 0 fully saturated rings. The van der Waals surface area contributed by atoms with Crippen LogP contribution in [0.4, 0.5) is 0 Å². The van der Waals surface area contributed by atoms with Crippen LogP contribution < -0.4 is 5.32 Å². The van der Waals surface area contributed by atoms with Gasteiger partial charge in [0.05, 0.1) is 0 Å². The lowest BCUT2D eigenvalue weighted by atomic mass is 10.1. The number of amides is 1. The highest BCUT2D eigenvalue weighted by Crippen LogP contribution is 2.07. The molecule has 19 heavy (non-hydrogen) atoms. The summed E-state index contributed by atoms with van der Waals surface area (Å²) < 4.78 is 0. The smallest absolute Gasteiger partial charge is 0.251 e. The van der Waals surface area contributed by atoms with Gasteiger partial charge in [-0.1, -0.05) is 58.4 Å². The van der Waals surface area contributed by atoms with Crippen molar-refractivity contribution in [2.75, 3.05) is 5.33 Å². The van der Waals surface area contributed by atoms with E-state index in [-0.39, 0.29) is 5.91 Å². The molecule has 2 rings (SSSR count). The minimum absolute atomic E-state index is 0.0331. The van der Waals surface area contributed by atoms with Crippen molar-refractivity contribution in [2.45, 2.75) is 13.0 Å². The van der Waals surface area contributed by atoms with E-state index in [1.807, 2.05) is 54.6 Å². The first-order valence-electron chi connectivity index (χ1n) is 6.26. The second-order valence-corrected chi connectivity index (χ2v) is 5.10. The number of halogens is 1. The van der Waals surface area contributed by atoms with Crippen LogP contribution in [0.2, 0.25) is 0 Å². The standard InChI is InChI=1S/C16H16BrNO/c17-11-10-13-6-8-15(9-7-13)16(19)18-12-14-4-2-1-3-5-14/h1-9H,10-12H2,(H,18,19). The van der Waals surface area contributed by atoms with Gasteiger partial charge in [0.1, 0.15) is 0 Å². The maximum atomic E-state index is 12.0. The zero-order valence-corrected chi connectivity index (χ0v) is 12.2. The van der Waals surface area contributed by atoms with E-state index in [4.69, 9.17) is 0 Å². The largest absolute Gasteiger partial charge is 0.348 e. The maximum Gasteiger partial charge on any atom is 0.251 e. The highest BCUT2D eigenvalue weighted by molar-refractivity contribution is 9.09. The topological polar surface area (TPSA) is 29.1 Å². The minimum atomic E-state index is -0.0331. The molecule has 2 aromatic carbocycles. The summed E-state index contributed by atoms with van der Waals surface area (Å²) in [6.45, 7) is 0.558. The summed E-state index contributed by atoms with van der Waals surface area (Å²) in [5.74, 6) is -0.0331.